The Kier molecular flexibility index (Phi) is 5.65. The maximum absolute atomic E-state index is 5.99. The molecule has 0 spiro atoms. The number of nitrogens with two attached hydrogens (primary N) is 1. The van der Waals surface area contributed by atoms with Crippen LogP contribution >= 0.6 is 23.2 Å². The van der Waals surface area contributed by atoms with Crippen molar-refractivity contribution in [3.63, 3.8) is 0 Å². The summed E-state index contributed by atoms with van der Waals surface area (Å²) in [5.41, 5.74) is 8.38. The summed E-state index contributed by atoms with van der Waals surface area (Å²) in [5, 5.41) is 1.49. The molecule has 0 bridgehead atoms. The summed E-state index contributed by atoms with van der Waals surface area (Å²) < 4.78 is 0. The van der Waals surface area contributed by atoms with E-state index in [4.69, 9.17) is 28.9 Å². The molecule has 2 aromatic rings. The number of hydrogen-bond donors (Lipinski definition) is 1. The Morgan fingerprint density at radius 2 is 1.33 bits per heavy atom. The average Bonchev–Trinajstić information content (AvgIpc) is 2.50. The molecule has 0 aromatic heterocycles. The first-order valence-corrected chi connectivity index (χ1v) is 7.71. The second-order valence-electron chi connectivity index (χ2n) is 5.20. The second kappa shape index (κ2) is 7.28. The van der Waals surface area contributed by atoms with Gasteiger partial charge in [0.05, 0.1) is 0 Å². The van der Waals surface area contributed by atoms with Crippen molar-refractivity contribution in [1.29, 1.82) is 0 Å². The largest absolute Gasteiger partial charge is 0.329 e. The van der Waals surface area contributed by atoms with Gasteiger partial charge in [0, 0.05) is 28.7 Å². The fraction of sp³-hybridized carbons (Fsp3) is 0.294. The van der Waals surface area contributed by atoms with E-state index in [1.54, 1.807) is 0 Å². The monoisotopic (exact) mass is 322 g/mol. The van der Waals surface area contributed by atoms with Crippen LogP contribution in [0.15, 0.2) is 48.5 Å². The standard InChI is InChI=1S/C17H20Cl2N2/c1-12(13-3-7-15(18)8-4-13)21(2)17(11-20)14-5-9-16(19)10-6-14/h3-10,12,17H,11,20H2,1-2H3. The first-order valence-electron chi connectivity index (χ1n) is 6.96. The molecule has 0 aliphatic heterocycles. The molecule has 0 heterocycles. The maximum atomic E-state index is 5.99. The molecule has 4 heteroatoms. The first-order chi connectivity index (χ1) is 10.0. The lowest BCUT2D eigenvalue weighted by Gasteiger charge is -2.33. The van der Waals surface area contributed by atoms with Crippen LogP contribution in [0.25, 0.3) is 0 Å². The quantitative estimate of drug-likeness (QED) is 0.865. The highest BCUT2D eigenvalue weighted by molar-refractivity contribution is 6.30. The Hall–Kier alpha value is -1.06. The zero-order valence-corrected chi connectivity index (χ0v) is 13.8. The van der Waals surface area contributed by atoms with Gasteiger partial charge in [-0.3, -0.25) is 4.90 Å². The third kappa shape index (κ3) is 3.98. The SMILES string of the molecule is CC(c1ccc(Cl)cc1)N(C)C(CN)c1ccc(Cl)cc1. The lowest BCUT2D eigenvalue weighted by Crippen LogP contribution is -2.32. The Labute approximate surface area is 136 Å². The Morgan fingerprint density at radius 3 is 1.76 bits per heavy atom. The van der Waals surface area contributed by atoms with Crippen LogP contribution in [0.5, 0.6) is 0 Å². The summed E-state index contributed by atoms with van der Waals surface area (Å²) >= 11 is 11.9. The molecule has 2 unspecified atom stereocenters. The van der Waals surface area contributed by atoms with Gasteiger partial charge in [0.1, 0.15) is 0 Å². The van der Waals surface area contributed by atoms with Crippen molar-refractivity contribution in [2.75, 3.05) is 13.6 Å². The lowest BCUT2D eigenvalue weighted by molar-refractivity contribution is 0.190. The van der Waals surface area contributed by atoms with Crippen molar-refractivity contribution in [2.24, 2.45) is 5.73 Å². The molecule has 0 amide bonds. The van der Waals surface area contributed by atoms with Gasteiger partial charge in [0.15, 0.2) is 0 Å². The van der Waals surface area contributed by atoms with E-state index in [0.717, 1.165) is 10.0 Å². The van der Waals surface area contributed by atoms with Gasteiger partial charge in [-0.15, -0.1) is 0 Å². The van der Waals surface area contributed by atoms with Crippen molar-refractivity contribution in [3.8, 4) is 0 Å². The average molecular weight is 323 g/mol. The molecule has 2 aromatic carbocycles. The summed E-state index contributed by atoms with van der Waals surface area (Å²) in [6.07, 6.45) is 0. The minimum atomic E-state index is 0.146. The summed E-state index contributed by atoms with van der Waals surface area (Å²) in [4.78, 5) is 2.27. The summed E-state index contributed by atoms with van der Waals surface area (Å²) in [6, 6.07) is 16.2. The molecule has 2 N–H and O–H groups in total. The van der Waals surface area contributed by atoms with E-state index in [2.05, 4.69) is 31.0 Å². The van der Waals surface area contributed by atoms with E-state index in [1.165, 1.54) is 11.1 Å². The van der Waals surface area contributed by atoms with Crippen LogP contribution in [0.2, 0.25) is 10.0 Å². The third-order valence-electron chi connectivity index (χ3n) is 3.93. The van der Waals surface area contributed by atoms with E-state index in [-0.39, 0.29) is 12.1 Å². The van der Waals surface area contributed by atoms with Crippen LogP contribution in [-0.2, 0) is 0 Å². The molecular weight excluding hydrogens is 303 g/mol. The van der Waals surface area contributed by atoms with E-state index >= 15 is 0 Å². The molecule has 0 radical (unpaired) electrons. The van der Waals surface area contributed by atoms with Crippen molar-refractivity contribution in [3.05, 3.63) is 69.7 Å². The molecule has 2 rings (SSSR count). The summed E-state index contributed by atoms with van der Waals surface area (Å²) in [5.74, 6) is 0. The topological polar surface area (TPSA) is 29.3 Å². The minimum absolute atomic E-state index is 0.146. The van der Waals surface area contributed by atoms with Gasteiger partial charge < -0.3 is 5.73 Å². The predicted molar refractivity (Wildman–Crippen MR) is 90.9 cm³/mol. The smallest absolute Gasteiger partial charge is 0.0473 e. The van der Waals surface area contributed by atoms with Gasteiger partial charge >= 0.3 is 0 Å². The van der Waals surface area contributed by atoms with Crippen LogP contribution in [0.3, 0.4) is 0 Å². The molecular formula is C17H20Cl2N2. The number of rotatable bonds is 5. The third-order valence-corrected chi connectivity index (χ3v) is 4.44. The summed E-state index contributed by atoms with van der Waals surface area (Å²) in [6.45, 7) is 2.72. The van der Waals surface area contributed by atoms with Crippen LogP contribution in [0, 0.1) is 0 Å². The lowest BCUT2D eigenvalue weighted by atomic mass is 10.0. The molecule has 0 saturated heterocycles. The molecule has 112 valence electrons. The fourth-order valence-corrected chi connectivity index (χ4v) is 2.72. The van der Waals surface area contributed by atoms with E-state index in [1.807, 2.05) is 36.4 Å². The molecule has 2 nitrogen and oxygen atoms in total. The van der Waals surface area contributed by atoms with E-state index < -0.39 is 0 Å². The molecule has 0 aliphatic carbocycles. The highest BCUT2D eigenvalue weighted by Crippen LogP contribution is 2.29. The highest BCUT2D eigenvalue weighted by atomic mass is 35.5. The predicted octanol–water partition coefficient (Wildman–Crippen LogP) is 4.69. The highest BCUT2D eigenvalue weighted by Gasteiger charge is 2.21. The zero-order valence-electron chi connectivity index (χ0n) is 12.3. The van der Waals surface area contributed by atoms with Crippen LogP contribution in [0.4, 0.5) is 0 Å². The Bertz CT molecular complexity index is 566. The van der Waals surface area contributed by atoms with Gasteiger partial charge in [-0.05, 0) is 49.4 Å². The van der Waals surface area contributed by atoms with Crippen molar-refractivity contribution in [2.45, 2.75) is 19.0 Å². The molecule has 0 aliphatic rings. The van der Waals surface area contributed by atoms with Crippen LogP contribution in [0.1, 0.15) is 30.1 Å². The number of nitrogens with zero attached hydrogens (tertiary/aromatic N) is 1. The van der Waals surface area contributed by atoms with Gasteiger partial charge in [-0.1, -0.05) is 47.5 Å². The van der Waals surface area contributed by atoms with E-state index in [0.29, 0.717) is 6.54 Å². The van der Waals surface area contributed by atoms with Gasteiger partial charge in [-0.25, -0.2) is 0 Å². The first kappa shape index (κ1) is 16.3. The molecule has 0 saturated carbocycles. The van der Waals surface area contributed by atoms with Crippen molar-refractivity contribution in [1.82, 2.24) is 4.90 Å². The molecule has 21 heavy (non-hydrogen) atoms. The van der Waals surface area contributed by atoms with E-state index in [9.17, 15) is 0 Å². The second-order valence-corrected chi connectivity index (χ2v) is 6.07. The van der Waals surface area contributed by atoms with Crippen LogP contribution < -0.4 is 5.73 Å². The van der Waals surface area contributed by atoms with Crippen LogP contribution in [-0.4, -0.2) is 18.5 Å². The number of halogens is 2. The number of benzene rings is 2. The van der Waals surface area contributed by atoms with Crippen molar-refractivity contribution < 1.29 is 0 Å². The van der Waals surface area contributed by atoms with Gasteiger partial charge in [-0.2, -0.15) is 0 Å². The number of likely N-dealkylation sites (N-methyl/N-ethyl adjacent to an activating group) is 1. The summed E-state index contributed by atoms with van der Waals surface area (Å²) in [7, 11) is 2.09. The Morgan fingerprint density at radius 1 is 0.905 bits per heavy atom. The number of hydrogen-bond acceptors (Lipinski definition) is 2. The minimum Gasteiger partial charge on any atom is -0.329 e. The van der Waals surface area contributed by atoms with Gasteiger partial charge in [0.25, 0.3) is 0 Å². The molecule has 2 atom stereocenters. The molecule has 0 fully saturated rings. The Balaban J connectivity index is 2.21. The van der Waals surface area contributed by atoms with Gasteiger partial charge in [0.2, 0.25) is 0 Å². The zero-order chi connectivity index (χ0) is 15.4. The maximum Gasteiger partial charge on any atom is 0.0473 e. The van der Waals surface area contributed by atoms with Crippen molar-refractivity contribution >= 4 is 23.2 Å². The fourth-order valence-electron chi connectivity index (χ4n) is 2.47. The normalized spacial score (nSPS) is 14.2.